The molecule has 108 valence electrons. The van der Waals surface area contributed by atoms with E-state index in [0.717, 1.165) is 23.8 Å². The Morgan fingerprint density at radius 3 is 2.45 bits per heavy atom. The van der Waals surface area contributed by atoms with Gasteiger partial charge in [-0.3, -0.25) is 13.9 Å². The minimum absolute atomic E-state index is 0.0463. The monoisotopic (exact) mass is 278 g/mol. The van der Waals surface area contributed by atoms with E-state index in [1.807, 2.05) is 11.0 Å². The molecule has 2 rings (SSSR count). The number of rotatable bonds is 4. The molecule has 0 radical (unpaired) electrons. The number of hydrogen-bond donors (Lipinski definition) is 1. The Bertz CT molecular complexity index is 664. The van der Waals surface area contributed by atoms with Gasteiger partial charge in [0, 0.05) is 26.7 Å². The molecule has 1 aromatic heterocycles. The SMILES string of the molecule is Cn1c(N(CCO)C2CCC2)c(C#N)c(=O)n(C)c1=O. The lowest BCUT2D eigenvalue weighted by Crippen LogP contribution is -2.48. The van der Waals surface area contributed by atoms with Crippen molar-refractivity contribution in [2.45, 2.75) is 25.3 Å². The van der Waals surface area contributed by atoms with Crippen LogP contribution in [0, 0.1) is 11.3 Å². The van der Waals surface area contributed by atoms with Crippen molar-refractivity contribution >= 4 is 5.82 Å². The molecule has 0 aliphatic heterocycles. The average molecular weight is 278 g/mol. The van der Waals surface area contributed by atoms with E-state index in [4.69, 9.17) is 0 Å². The fourth-order valence-corrected chi connectivity index (χ4v) is 2.54. The van der Waals surface area contributed by atoms with Crippen LogP contribution in [0.1, 0.15) is 24.8 Å². The minimum Gasteiger partial charge on any atom is -0.395 e. The lowest BCUT2D eigenvalue weighted by Gasteiger charge is -2.39. The van der Waals surface area contributed by atoms with E-state index in [1.54, 1.807) is 7.05 Å². The number of nitriles is 1. The molecular weight excluding hydrogens is 260 g/mol. The Labute approximate surface area is 116 Å². The fourth-order valence-electron chi connectivity index (χ4n) is 2.54. The summed E-state index contributed by atoms with van der Waals surface area (Å²) in [5.41, 5.74) is -1.10. The molecule has 0 saturated heterocycles. The Balaban J connectivity index is 2.68. The molecule has 20 heavy (non-hydrogen) atoms. The summed E-state index contributed by atoms with van der Waals surface area (Å²) in [5.74, 6) is 0.319. The normalized spacial score (nSPS) is 14.7. The predicted molar refractivity (Wildman–Crippen MR) is 73.7 cm³/mol. The number of nitrogens with zero attached hydrogens (tertiary/aromatic N) is 4. The van der Waals surface area contributed by atoms with Crippen molar-refractivity contribution in [3.8, 4) is 6.07 Å². The number of aliphatic hydroxyl groups is 1. The average Bonchev–Trinajstić information content (AvgIpc) is 2.38. The van der Waals surface area contributed by atoms with Gasteiger partial charge >= 0.3 is 5.69 Å². The summed E-state index contributed by atoms with van der Waals surface area (Å²) in [4.78, 5) is 25.9. The van der Waals surface area contributed by atoms with E-state index in [0.29, 0.717) is 12.4 Å². The van der Waals surface area contributed by atoms with Crippen molar-refractivity contribution in [2.75, 3.05) is 18.1 Å². The zero-order chi connectivity index (χ0) is 14.9. The molecule has 1 saturated carbocycles. The summed E-state index contributed by atoms with van der Waals surface area (Å²) in [6.07, 6.45) is 2.95. The maximum absolute atomic E-state index is 12.1. The van der Waals surface area contributed by atoms with Gasteiger partial charge in [-0.15, -0.1) is 0 Å². The van der Waals surface area contributed by atoms with Crippen LogP contribution in [0.15, 0.2) is 9.59 Å². The van der Waals surface area contributed by atoms with Crippen LogP contribution in [0.2, 0.25) is 0 Å². The second-order valence-corrected chi connectivity index (χ2v) is 5.02. The van der Waals surface area contributed by atoms with Crippen LogP contribution in [0.3, 0.4) is 0 Å². The predicted octanol–water partition coefficient (Wildman–Crippen LogP) is -0.693. The third-order valence-electron chi connectivity index (χ3n) is 3.87. The van der Waals surface area contributed by atoms with E-state index in [2.05, 4.69) is 0 Å². The van der Waals surface area contributed by atoms with Gasteiger partial charge in [0.05, 0.1) is 6.61 Å². The number of aliphatic hydroxyl groups excluding tert-OH is 1. The topological polar surface area (TPSA) is 91.3 Å². The Kier molecular flexibility index (Phi) is 3.95. The van der Waals surface area contributed by atoms with Gasteiger partial charge in [0.25, 0.3) is 5.56 Å². The highest BCUT2D eigenvalue weighted by Crippen LogP contribution is 2.29. The van der Waals surface area contributed by atoms with Gasteiger partial charge in [0.15, 0.2) is 5.56 Å². The van der Waals surface area contributed by atoms with Gasteiger partial charge in [0.2, 0.25) is 0 Å². The summed E-state index contributed by atoms with van der Waals surface area (Å²) in [6, 6.07) is 2.07. The minimum atomic E-state index is -0.590. The Hall–Kier alpha value is -2.07. The summed E-state index contributed by atoms with van der Waals surface area (Å²) in [6.45, 7) is 0.213. The third-order valence-corrected chi connectivity index (χ3v) is 3.87. The molecule has 0 atom stereocenters. The lowest BCUT2D eigenvalue weighted by atomic mass is 9.91. The van der Waals surface area contributed by atoms with Gasteiger partial charge in [0.1, 0.15) is 11.9 Å². The molecule has 0 unspecified atom stereocenters. The smallest absolute Gasteiger partial charge is 0.332 e. The maximum Gasteiger partial charge on any atom is 0.332 e. The first-order chi connectivity index (χ1) is 9.52. The van der Waals surface area contributed by atoms with E-state index in [1.165, 1.54) is 11.6 Å². The Morgan fingerprint density at radius 2 is 2.00 bits per heavy atom. The van der Waals surface area contributed by atoms with Crippen LogP contribution in [0.5, 0.6) is 0 Å². The van der Waals surface area contributed by atoms with E-state index in [9.17, 15) is 20.0 Å². The molecule has 7 nitrogen and oxygen atoms in total. The van der Waals surface area contributed by atoms with Crippen LogP contribution in [0.25, 0.3) is 0 Å². The Morgan fingerprint density at radius 1 is 1.35 bits per heavy atom. The third kappa shape index (κ3) is 2.12. The zero-order valence-corrected chi connectivity index (χ0v) is 11.7. The quantitative estimate of drug-likeness (QED) is 0.787. The van der Waals surface area contributed by atoms with Crippen molar-refractivity contribution < 1.29 is 5.11 Å². The molecule has 1 aliphatic carbocycles. The lowest BCUT2D eigenvalue weighted by molar-refractivity contribution is 0.281. The summed E-state index contributed by atoms with van der Waals surface area (Å²) in [7, 11) is 2.90. The van der Waals surface area contributed by atoms with Crippen LogP contribution < -0.4 is 16.1 Å². The molecular formula is C13H18N4O3. The number of aromatic nitrogens is 2. The fraction of sp³-hybridized carbons (Fsp3) is 0.615. The van der Waals surface area contributed by atoms with E-state index in [-0.39, 0.29) is 18.2 Å². The van der Waals surface area contributed by atoms with Crippen molar-refractivity contribution in [3.63, 3.8) is 0 Å². The van der Waals surface area contributed by atoms with Gasteiger partial charge in [-0.25, -0.2) is 4.79 Å². The standard InChI is InChI=1S/C13H18N4O3/c1-15-11(17(6-7-18)9-4-3-5-9)10(8-14)12(19)16(2)13(15)20/h9,18H,3-7H2,1-2H3. The second kappa shape index (κ2) is 5.51. The summed E-state index contributed by atoms with van der Waals surface area (Å²) >= 11 is 0. The molecule has 0 aromatic carbocycles. The molecule has 0 bridgehead atoms. The first kappa shape index (κ1) is 14.3. The van der Waals surface area contributed by atoms with Crippen molar-refractivity contribution in [1.82, 2.24) is 9.13 Å². The molecule has 1 aromatic rings. The van der Waals surface area contributed by atoms with Gasteiger partial charge in [-0.05, 0) is 19.3 Å². The first-order valence-electron chi connectivity index (χ1n) is 6.60. The summed E-state index contributed by atoms with van der Waals surface area (Å²) in [5, 5.41) is 18.5. The highest BCUT2D eigenvalue weighted by Gasteiger charge is 2.29. The van der Waals surface area contributed by atoms with Crippen molar-refractivity contribution in [1.29, 1.82) is 5.26 Å². The molecule has 0 amide bonds. The van der Waals surface area contributed by atoms with Crippen molar-refractivity contribution in [3.05, 3.63) is 26.4 Å². The van der Waals surface area contributed by atoms with Crippen molar-refractivity contribution in [2.24, 2.45) is 14.1 Å². The highest BCUT2D eigenvalue weighted by molar-refractivity contribution is 5.54. The summed E-state index contributed by atoms with van der Waals surface area (Å²) < 4.78 is 2.24. The van der Waals surface area contributed by atoms with Crippen LogP contribution in [0.4, 0.5) is 5.82 Å². The van der Waals surface area contributed by atoms with Crippen LogP contribution in [-0.2, 0) is 14.1 Å². The van der Waals surface area contributed by atoms with E-state index < -0.39 is 11.2 Å². The molecule has 1 N–H and O–H groups in total. The van der Waals surface area contributed by atoms with Gasteiger partial charge in [-0.2, -0.15) is 5.26 Å². The largest absolute Gasteiger partial charge is 0.395 e. The molecule has 1 fully saturated rings. The van der Waals surface area contributed by atoms with Crippen LogP contribution >= 0.6 is 0 Å². The van der Waals surface area contributed by atoms with Gasteiger partial charge in [-0.1, -0.05) is 0 Å². The molecule has 1 aliphatic rings. The number of hydrogen-bond acceptors (Lipinski definition) is 5. The van der Waals surface area contributed by atoms with E-state index >= 15 is 0 Å². The van der Waals surface area contributed by atoms with Crippen LogP contribution in [-0.4, -0.2) is 33.4 Å². The van der Waals surface area contributed by atoms with Gasteiger partial charge < -0.3 is 10.0 Å². The molecule has 0 spiro atoms. The highest BCUT2D eigenvalue weighted by atomic mass is 16.3. The zero-order valence-electron chi connectivity index (χ0n) is 11.7. The number of anilines is 1. The first-order valence-corrected chi connectivity index (χ1v) is 6.60. The second-order valence-electron chi connectivity index (χ2n) is 5.02. The molecule has 7 heteroatoms. The maximum atomic E-state index is 12.1. The molecule has 1 heterocycles.